The summed E-state index contributed by atoms with van der Waals surface area (Å²) in [4.78, 5) is 4.78. The lowest BCUT2D eigenvalue weighted by atomic mass is 10.1. The van der Waals surface area contributed by atoms with Crippen LogP contribution in [-0.2, 0) is 0 Å². The van der Waals surface area contributed by atoms with Crippen molar-refractivity contribution in [2.24, 2.45) is 0 Å². The topological polar surface area (TPSA) is 6.48 Å². The van der Waals surface area contributed by atoms with E-state index in [1.807, 2.05) is 0 Å². The summed E-state index contributed by atoms with van der Waals surface area (Å²) in [7, 11) is 3.29. The lowest BCUT2D eigenvalue weighted by Gasteiger charge is -2.40. The molecule has 0 bridgehead atoms. The van der Waals surface area contributed by atoms with Crippen LogP contribution in [0.1, 0.15) is 0 Å². The molecule has 0 heterocycles. The largest absolute Gasteiger partial charge is 0.305 e. The SMILES string of the molecule is CN(C)CC1=C(CN(C)C)C([Si](c2ccccc2)(c2ccccc2)c2ccccc2)C=C1[Si](c1ccccc1)(c1ccccc1)c1ccccc1. The molecule has 0 aromatic heterocycles. The first-order valence-electron chi connectivity index (χ1n) is 18.0. The Morgan fingerprint density at radius 1 is 0.392 bits per heavy atom. The predicted molar refractivity (Wildman–Crippen MR) is 224 cm³/mol. The number of hydrogen-bond donors (Lipinski definition) is 0. The van der Waals surface area contributed by atoms with Crippen LogP contribution in [0.3, 0.4) is 0 Å². The van der Waals surface area contributed by atoms with Gasteiger partial charge in [-0.05, 0) is 75.7 Å². The van der Waals surface area contributed by atoms with E-state index in [1.54, 1.807) is 5.57 Å². The molecule has 254 valence electrons. The number of hydrogen-bond acceptors (Lipinski definition) is 2. The third-order valence-electron chi connectivity index (χ3n) is 10.6. The Bertz CT molecular complexity index is 1880. The van der Waals surface area contributed by atoms with Gasteiger partial charge < -0.3 is 9.80 Å². The first kappa shape index (κ1) is 34.6. The highest BCUT2D eigenvalue weighted by Gasteiger charge is 2.54. The third kappa shape index (κ3) is 6.34. The van der Waals surface area contributed by atoms with Crippen LogP contribution in [0.2, 0.25) is 5.54 Å². The van der Waals surface area contributed by atoms with E-state index in [9.17, 15) is 0 Å². The van der Waals surface area contributed by atoms with E-state index in [2.05, 4.69) is 226 Å². The van der Waals surface area contributed by atoms with Crippen molar-refractivity contribution in [1.82, 2.24) is 9.80 Å². The average molecular weight is 697 g/mol. The smallest absolute Gasteiger partial charge is 0.179 e. The minimum Gasteiger partial charge on any atom is -0.305 e. The fraction of sp³-hybridized carbons (Fsp3) is 0.149. The summed E-state index contributed by atoms with van der Waals surface area (Å²) < 4.78 is 0. The van der Waals surface area contributed by atoms with E-state index in [-0.39, 0.29) is 5.54 Å². The zero-order chi connectivity index (χ0) is 35.3. The van der Waals surface area contributed by atoms with E-state index in [0.29, 0.717) is 0 Å². The quantitative estimate of drug-likeness (QED) is 0.122. The normalized spacial score (nSPS) is 15.0. The van der Waals surface area contributed by atoms with E-state index in [0.717, 1.165) is 13.1 Å². The number of nitrogens with zero attached hydrogens (tertiary/aromatic N) is 2. The van der Waals surface area contributed by atoms with Gasteiger partial charge in [-0.15, -0.1) is 0 Å². The van der Waals surface area contributed by atoms with Crippen LogP contribution < -0.4 is 31.1 Å². The van der Waals surface area contributed by atoms with E-state index in [4.69, 9.17) is 0 Å². The highest BCUT2D eigenvalue weighted by Crippen LogP contribution is 2.45. The molecule has 0 N–H and O–H groups in total. The zero-order valence-corrected chi connectivity index (χ0v) is 32.3. The second-order valence-electron chi connectivity index (χ2n) is 14.3. The van der Waals surface area contributed by atoms with Crippen molar-refractivity contribution in [3.63, 3.8) is 0 Å². The van der Waals surface area contributed by atoms with Crippen LogP contribution in [0.15, 0.2) is 204 Å². The van der Waals surface area contributed by atoms with Gasteiger partial charge in [0.25, 0.3) is 0 Å². The average Bonchev–Trinajstić information content (AvgIpc) is 3.51. The van der Waals surface area contributed by atoms with E-state index < -0.39 is 16.1 Å². The molecular weight excluding hydrogens is 649 g/mol. The Morgan fingerprint density at radius 3 is 0.980 bits per heavy atom. The molecule has 2 nitrogen and oxygen atoms in total. The molecule has 51 heavy (non-hydrogen) atoms. The molecule has 1 unspecified atom stereocenters. The van der Waals surface area contributed by atoms with Crippen LogP contribution >= 0.6 is 0 Å². The van der Waals surface area contributed by atoms with Crippen molar-refractivity contribution < 1.29 is 0 Å². The summed E-state index contributed by atoms with van der Waals surface area (Å²) in [6.45, 7) is 1.76. The summed E-state index contributed by atoms with van der Waals surface area (Å²) in [5, 5.41) is 10.1. The summed E-state index contributed by atoms with van der Waals surface area (Å²) >= 11 is 0. The van der Waals surface area contributed by atoms with Gasteiger partial charge in [0.05, 0.1) is 0 Å². The van der Waals surface area contributed by atoms with Gasteiger partial charge in [-0.1, -0.05) is 188 Å². The molecular formula is C47H48N2Si2. The summed E-state index contributed by atoms with van der Waals surface area (Å²) in [6, 6.07) is 68.8. The minimum absolute atomic E-state index is 0.181. The van der Waals surface area contributed by atoms with E-state index in [1.165, 1.54) is 41.9 Å². The van der Waals surface area contributed by atoms with Crippen LogP contribution in [0.5, 0.6) is 0 Å². The van der Waals surface area contributed by atoms with E-state index >= 15 is 0 Å². The molecule has 7 rings (SSSR count). The Labute approximate surface area is 307 Å². The van der Waals surface area contributed by atoms with Gasteiger partial charge in [0, 0.05) is 18.6 Å². The lowest BCUT2D eigenvalue weighted by molar-refractivity contribution is 0.428. The number of rotatable bonds is 12. The number of allylic oxidation sites excluding steroid dienone is 1. The molecule has 4 heteroatoms. The fourth-order valence-electron chi connectivity index (χ4n) is 8.68. The van der Waals surface area contributed by atoms with Gasteiger partial charge >= 0.3 is 0 Å². The first-order chi connectivity index (χ1) is 25.0. The Hall–Kier alpha value is -4.85. The van der Waals surface area contributed by atoms with Crippen molar-refractivity contribution in [2.45, 2.75) is 5.54 Å². The van der Waals surface area contributed by atoms with Gasteiger partial charge in [0.1, 0.15) is 0 Å². The van der Waals surface area contributed by atoms with Crippen molar-refractivity contribution in [1.29, 1.82) is 0 Å². The molecule has 0 amide bonds. The Kier molecular flexibility index (Phi) is 10.3. The molecule has 1 atom stereocenters. The second kappa shape index (κ2) is 15.2. The minimum atomic E-state index is -2.86. The van der Waals surface area contributed by atoms with Crippen LogP contribution in [0, 0.1) is 0 Å². The molecule has 0 radical (unpaired) electrons. The van der Waals surface area contributed by atoms with Gasteiger partial charge in [0.15, 0.2) is 16.1 Å². The Morgan fingerprint density at radius 2 is 0.686 bits per heavy atom. The molecule has 0 saturated carbocycles. The molecule has 0 fully saturated rings. The van der Waals surface area contributed by atoms with Crippen molar-refractivity contribution >= 4 is 47.3 Å². The highest BCUT2D eigenvalue weighted by molar-refractivity contribution is 7.17. The molecule has 0 aliphatic heterocycles. The number of likely N-dealkylation sites (N-methyl/N-ethyl adjacent to an activating group) is 2. The molecule has 6 aromatic carbocycles. The van der Waals surface area contributed by atoms with Gasteiger partial charge in [0.2, 0.25) is 0 Å². The maximum Gasteiger partial charge on any atom is 0.179 e. The van der Waals surface area contributed by atoms with Crippen LogP contribution in [0.25, 0.3) is 0 Å². The summed E-state index contributed by atoms with van der Waals surface area (Å²) in [6.07, 6.45) is 2.80. The van der Waals surface area contributed by atoms with Crippen molar-refractivity contribution in [3.8, 4) is 0 Å². The summed E-state index contributed by atoms with van der Waals surface area (Å²) in [5.74, 6) is 0. The first-order valence-corrected chi connectivity index (χ1v) is 22.1. The second-order valence-corrected chi connectivity index (χ2v) is 22.0. The molecule has 6 aromatic rings. The van der Waals surface area contributed by atoms with Crippen LogP contribution in [-0.4, -0.2) is 67.2 Å². The molecule has 1 aliphatic rings. The lowest BCUT2D eigenvalue weighted by Crippen LogP contribution is -2.70. The Balaban J connectivity index is 1.68. The number of benzene rings is 6. The predicted octanol–water partition coefficient (Wildman–Crippen LogP) is 5.60. The molecule has 0 saturated heterocycles. The molecule has 1 aliphatic carbocycles. The van der Waals surface area contributed by atoms with Crippen molar-refractivity contribution in [2.75, 3.05) is 41.3 Å². The monoisotopic (exact) mass is 696 g/mol. The fourth-order valence-corrected chi connectivity index (χ4v) is 19.4. The van der Waals surface area contributed by atoms with Gasteiger partial charge in [-0.3, -0.25) is 0 Å². The standard InChI is InChI=1S/C47H48N2Si2/c1-48(2)36-44-45(37-49(3)4)47(51(41-29-17-8-18-30-41,42-31-19-9-20-32-42)43-33-21-10-22-34-43)35-46(44)50(38-23-11-5-12-24-38,39-25-13-6-14-26-39)40-27-15-7-16-28-40/h5-35,46H,36-37H2,1-4H3. The van der Waals surface area contributed by atoms with Crippen LogP contribution in [0.4, 0.5) is 0 Å². The summed E-state index contributed by atoms with van der Waals surface area (Å²) in [5.41, 5.74) is 3.23. The van der Waals surface area contributed by atoms with Gasteiger partial charge in [-0.2, -0.15) is 0 Å². The van der Waals surface area contributed by atoms with Crippen molar-refractivity contribution in [3.05, 3.63) is 204 Å². The molecule has 0 spiro atoms. The maximum absolute atomic E-state index is 2.86. The zero-order valence-electron chi connectivity index (χ0n) is 30.3. The maximum atomic E-state index is 2.80. The highest BCUT2D eigenvalue weighted by atomic mass is 28.3. The van der Waals surface area contributed by atoms with Gasteiger partial charge in [-0.25, -0.2) is 0 Å². The third-order valence-corrected chi connectivity index (χ3v) is 20.6.